The predicted molar refractivity (Wildman–Crippen MR) is 172 cm³/mol. The average Bonchev–Trinajstić information content (AvgIpc) is 3.83. The maximum absolute atomic E-state index is 14.2. The van der Waals surface area contributed by atoms with Gasteiger partial charge in [0.2, 0.25) is 0 Å². The van der Waals surface area contributed by atoms with Gasteiger partial charge in [-0.3, -0.25) is 0 Å². The van der Waals surface area contributed by atoms with Crippen LogP contribution in [0.5, 0.6) is 0 Å². The number of aliphatic imine (C=N–C) groups is 1. The summed E-state index contributed by atoms with van der Waals surface area (Å²) in [7, 11) is 0. The van der Waals surface area contributed by atoms with Gasteiger partial charge < -0.3 is 15.3 Å². The lowest BCUT2D eigenvalue weighted by molar-refractivity contribution is -0.0896. The van der Waals surface area contributed by atoms with E-state index in [0.29, 0.717) is 23.3 Å². The smallest absolute Gasteiger partial charge is 0.396 e. The highest BCUT2D eigenvalue weighted by molar-refractivity contribution is 6.10. The number of nitrogens with zero attached hydrogens (tertiary/aromatic N) is 2. The number of benzene rings is 2. The number of hydrogen-bond donors (Lipinski definition) is 2. The van der Waals surface area contributed by atoms with Crippen molar-refractivity contribution in [2.75, 3.05) is 25.0 Å². The van der Waals surface area contributed by atoms with Crippen LogP contribution in [0.25, 0.3) is 5.57 Å². The molecular formula is C36H42F3N3O. The molecule has 7 heteroatoms. The van der Waals surface area contributed by atoms with Crippen LogP contribution in [0, 0.1) is 0 Å². The molecule has 1 heterocycles. The number of allylic oxidation sites excluding steroid dienone is 3. The lowest BCUT2D eigenvalue weighted by Crippen LogP contribution is -2.28. The molecule has 4 nitrogen and oxygen atoms in total. The standard InChI is InChI=1S/C36H42F3N3O/c1-5-19-42(32-15-16-32)20-17-25(2)28-11-13-31(14-12-28)41-35-27(4)23-30(34(24-40-35)36(37,38)39)22-26(3)33(18-21-43)29-9-7-6-8-10-29/h6-14,23-24,32-33,43H,2-5,15-22H2,1H3,(H,40,41). The monoisotopic (exact) mass is 589 g/mol. The van der Waals surface area contributed by atoms with Crippen molar-refractivity contribution in [2.24, 2.45) is 4.99 Å². The molecule has 0 saturated heterocycles. The van der Waals surface area contributed by atoms with E-state index in [9.17, 15) is 18.3 Å². The summed E-state index contributed by atoms with van der Waals surface area (Å²) in [5, 5.41) is 12.8. The van der Waals surface area contributed by atoms with E-state index < -0.39 is 11.7 Å². The van der Waals surface area contributed by atoms with Crippen LogP contribution >= 0.6 is 0 Å². The topological polar surface area (TPSA) is 47.9 Å². The van der Waals surface area contributed by atoms with Gasteiger partial charge in [-0.1, -0.05) is 74.7 Å². The Labute approximate surface area is 253 Å². The van der Waals surface area contributed by atoms with Gasteiger partial charge in [-0.15, -0.1) is 0 Å². The molecule has 1 fully saturated rings. The first-order valence-corrected chi connectivity index (χ1v) is 15.0. The van der Waals surface area contributed by atoms with Gasteiger partial charge in [0.25, 0.3) is 0 Å². The molecule has 4 rings (SSSR count). The van der Waals surface area contributed by atoms with E-state index in [-0.39, 0.29) is 30.4 Å². The Morgan fingerprint density at radius 3 is 2.37 bits per heavy atom. The van der Waals surface area contributed by atoms with Gasteiger partial charge in [0, 0.05) is 42.6 Å². The average molecular weight is 590 g/mol. The number of nitrogens with one attached hydrogen (secondary N) is 1. The zero-order valence-corrected chi connectivity index (χ0v) is 25.0. The van der Waals surface area contributed by atoms with Crippen LogP contribution in [-0.2, 0) is 0 Å². The van der Waals surface area contributed by atoms with E-state index in [0.717, 1.165) is 54.9 Å². The fraction of sp³-hybridized carbons (Fsp3) is 0.361. The van der Waals surface area contributed by atoms with Crippen LogP contribution < -0.4 is 5.32 Å². The third-order valence-electron chi connectivity index (χ3n) is 7.99. The molecule has 0 aromatic heterocycles. The summed E-state index contributed by atoms with van der Waals surface area (Å²) in [6.45, 7) is 16.6. The van der Waals surface area contributed by atoms with E-state index in [1.165, 1.54) is 18.9 Å². The van der Waals surface area contributed by atoms with Crippen molar-refractivity contribution in [2.45, 2.75) is 63.6 Å². The normalized spacial score (nSPS) is 16.2. The molecule has 2 aliphatic rings. The third-order valence-corrected chi connectivity index (χ3v) is 7.99. The first-order chi connectivity index (χ1) is 20.6. The number of alkyl halides is 3. The molecule has 0 amide bonds. The second-order valence-electron chi connectivity index (χ2n) is 11.3. The zero-order chi connectivity index (χ0) is 31.0. The second-order valence-corrected chi connectivity index (χ2v) is 11.3. The van der Waals surface area contributed by atoms with E-state index in [4.69, 9.17) is 0 Å². The molecular weight excluding hydrogens is 547 g/mol. The summed E-state index contributed by atoms with van der Waals surface area (Å²) in [5.74, 6) is -0.0446. The molecule has 0 radical (unpaired) electrons. The number of halogens is 3. The number of hydrogen-bond acceptors (Lipinski definition) is 4. The van der Waals surface area contributed by atoms with E-state index >= 15 is 0 Å². The Morgan fingerprint density at radius 1 is 1.07 bits per heavy atom. The van der Waals surface area contributed by atoms with Crippen LogP contribution in [0.4, 0.5) is 18.9 Å². The molecule has 1 unspecified atom stereocenters. The molecule has 2 aromatic rings. The van der Waals surface area contributed by atoms with Gasteiger partial charge in [-0.2, -0.15) is 13.2 Å². The van der Waals surface area contributed by atoms with Crippen LogP contribution in [-0.4, -0.2) is 47.8 Å². The lowest BCUT2D eigenvalue weighted by atomic mass is 9.84. The fourth-order valence-corrected chi connectivity index (χ4v) is 5.51. The molecule has 1 atom stereocenters. The molecule has 1 aliphatic heterocycles. The number of aliphatic hydroxyl groups is 1. The minimum atomic E-state index is -4.61. The molecule has 1 aliphatic carbocycles. The number of amidine groups is 1. The quantitative estimate of drug-likeness (QED) is 0.217. The first-order valence-electron chi connectivity index (χ1n) is 15.0. The number of aliphatic hydroxyl groups excluding tert-OH is 1. The molecule has 2 N–H and O–H groups in total. The maximum atomic E-state index is 14.2. The third kappa shape index (κ3) is 8.91. The summed E-state index contributed by atoms with van der Waals surface area (Å²) >= 11 is 0. The SMILES string of the molecule is C=C1C=C(CC(=C)C(CCO)c2ccccc2)C(C(F)(F)F)=CN=C1Nc1ccc(C(=C)CCN(CCC)C2CC2)cc1. The van der Waals surface area contributed by atoms with Crippen LogP contribution in [0.1, 0.15) is 62.5 Å². The van der Waals surface area contributed by atoms with E-state index in [1.807, 2.05) is 54.6 Å². The van der Waals surface area contributed by atoms with E-state index in [1.54, 1.807) is 0 Å². The minimum absolute atomic E-state index is 0.0278. The molecule has 2 aromatic carbocycles. The Hall–Kier alpha value is -3.68. The van der Waals surface area contributed by atoms with Crippen molar-refractivity contribution in [3.8, 4) is 0 Å². The highest BCUT2D eigenvalue weighted by Gasteiger charge is 2.37. The summed E-state index contributed by atoms with van der Waals surface area (Å²) in [5.41, 5.74) is 3.81. The minimum Gasteiger partial charge on any atom is -0.396 e. The number of anilines is 1. The summed E-state index contributed by atoms with van der Waals surface area (Å²) in [6.07, 6.45) is 2.62. The largest absolute Gasteiger partial charge is 0.418 e. The van der Waals surface area contributed by atoms with Crippen LogP contribution in [0.2, 0.25) is 0 Å². The van der Waals surface area contributed by atoms with Crippen molar-refractivity contribution in [1.29, 1.82) is 0 Å². The highest BCUT2D eigenvalue weighted by atomic mass is 19.4. The summed E-state index contributed by atoms with van der Waals surface area (Å²) < 4.78 is 42.6. The number of rotatable bonds is 14. The predicted octanol–water partition coefficient (Wildman–Crippen LogP) is 8.83. The van der Waals surface area contributed by atoms with Crippen LogP contribution in [0.3, 0.4) is 0 Å². The van der Waals surface area contributed by atoms with Crippen molar-refractivity contribution >= 4 is 17.1 Å². The Kier molecular flexibility index (Phi) is 11.0. The molecule has 1 saturated carbocycles. The first kappa shape index (κ1) is 32.2. The Morgan fingerprint density at radius 2 is 1.77 bits per heavy atom. The van der Waals surface area contributed by atoms with Crippen LogP contribution in [0.15, 0.2) is 114 Å². The molecule has 0 spiro atoms. The van der Waals surface area contributed by atoms with Gasteiger partial charge in [-0.25, -0.2) is 4.99 Å². The zero-order valence-electron chi connectivity index (χ0n) is 25.0. The van der Waals surface area contributed by atoms with Gasteiger partial charge >= 0.3 is 6.18 Å². The molecule has 228 valence electrons. The fourth-order valence-electron chi connectivity index (χ4n) is 5.51. The molecule has 43 heavy (non-hydrogen) atoms. The van der Waals surface area contributed by atoms with Gasteiger partial charge in [0.1, 0.15) is 5.84 Å². The highest BCUT2D eigenvalue weighted by Crippen LogP contribution is 2.39. The maximum Gasteiger partial charge on any atom is 0.418 e. The summed E-state index contributed by atoms with van der Waals surface area (Å²) in [6, 6.07) is 17.8. The van der Waals surface area contributed by atoms with Gasteiger partial charge in [0.05, 0.1) is 5.57 Å². The summed E-state index contributed by atoms with van der Waals surface area (Å²) in [4.78, 5) is 6.72. The van der Waals surface area contributed by atoms with E-state index in [2.05, 4.69) is 41.9 Å². The Bertz CT molecular complexity index is 1380. The van der Waals surface area contributed by atoms with Crippen molar-refractivity contribution in [3.05, 3.63) is 120 Å². The van der Waals surface area contributed by atoms with Gasteiger partial charge in [-0.05, 0) is 85.6 Å². The van der Waals surface area contributed by atoms with Crippen molar-refractivity contribution in [1.82, 2.24) is 4.90 Å². The Balaban J connectivity index is 1.46. The second kappa shape index (κ2) is 14.7. The van der Waals surface area contributed by atoms with Crippen molar-refractivity contribution < 1.29 is 18.3 Å². The lowest BCUT2D eigenvalue weighted by Gasteiger charge is -2.22. The molecule has 0 bridgehead atoms. The van der Waals surface area contributed by atoms with Gasteiger partial charge in [0.15, 0.2) is 0 Å². The van der Waals surface area contributed by atoms with Crippen molar-refractivity contribution in [3.63, 3.8) is 0 Å².